The monoisotopic (exact) mass is 324 g/mol. The van der Waals surface area contributed by atoms with Gasteiger partial charge in [-0.05, 0) is 49.4 Å². The summed E-state index contributed by atoms with van der Waals surface area (Å²) < 4.78 is 0. The van der Waals surface area contributed by atoms with Crippen molar-refractivity contribution in [3.8, 4) is 11.8 Å². The summed E-state index contributed by atoms with van der Waals surface area (Å²) in [7, 11) is 0. The topological polar surface area (TPSA) is 61.1 Å². The average molecular weight is 325 g/mol. The summed E-state index contributed by atoms with van der Waals surface area (Å²) in [5.74, 6) is 6.83. The molecule has 1 aliphatic carbocycles. The van der Waals surface area contributed by atoms with Crippen LogP contribution in [0, 0.1) is 30.2 Å². The van der Waals surface area contributed by atoms with Gasteiger partial charge in [-0.3, -0.25) is 4.98 Å². The molecule has 0 bridgehead atoms. The predicted molar refractivity (Wildman–Crippen MR) is 92.4 cm³/mol. The number of benzene rings is 1. The lowest BCUT2D eigenvalue weighted by Gasteiger charge is -2.10. The van der Waals surface area contributed by atoms with Crippen molar-refractivity contribution in [3.63, 3.8) is 0 Å². The molecule has 4 nitrogen and oxygen atoms in total. The summed E-state index contributed by atoms with van der Waals surface area (Å²) >= 11 is 6.37. The van der Waals surface area contributed by atoms with E-state index in [0.29, 0.717) is 16.3 Å². The summed E-state index contributed by atoms with van der Waals surface area (Å²) in [6.07, 6.45) is 6.04. The van der Waals surface area contributed by atoms with Crippen LogP contribution in [0.25, 0.3) is 0 Å². The highest BCUT2D eigenvalue weighted by Gasteiger charge is 2.21. The van der Waals surface area contributed by atoms with Crippen LogP contribution in [0.4, 0.5) is 11.4 Å². The molecule has 0 amide bonds. The third-order valence-corrected chi connectivity index (χ3v) is 4.11. The standard InChI is InChI=1S/C18H17ClN4/c1-12-8-14(10-21-9-12)4-5-15-6-7-16(18(23-20)17(15)19)22-11-13-2-3-13/h6-10,13,20,22H,2-3,11H2,1H3. The van der Waals surface area contributed by atoms with Crippen molar-refractivity contribution in [1.29, 1.82) is 5.53 Å². The van der Waals surface area contributed by atoms with Crippen molar-refractivity contribution >= 4 is 23.0 Å². The lowest BCUT2D eigenvalue weighted by Crippen LogP contribution is -2.03. The highest BCUT2D eigenvalue weighted by molar-refractivity contribution is 6.34. The van der Waals surface area contributed by atoms with Crippen LogP contribution in [0.5, 0.6) is 0 Å². The molecule has 1 aromatic carbocycles. The molecular formula is C18H17ClN4. The number of aryl methyl sites for hydroxylation is 1. The highest BCUT2D eigenvalue weighted by atomic mass is 35.5. The van der Waals surface area contributed by atoms with Gasteiger partial charge in [-0.25, -0.2) is 5.53 Å². The summed E-state index contributed by atoms with van der Waals surface area (Å²) in [5.41, 5.74) is 11.2. The summed E-state index contributed by atoms with van der Waals surface area (Å²) in [4.78, 5) is 4.12. The van der Waals surface area contributed by atoms with Gasteiger partial charge in [0.1, 0.15) is 5.69 Å². The maximum atomic E-state index is 7.39. The van der Waals surface area contributed by atoms with Gasteiger partial charge in [0.05, 0.1) is 10.7 Å². The molecular weight excluding hydrogens is 308 g/mol. The van der Waals surface area contributed by atoms with Gasteiger partial charge in [0.25, 0.3) is 0 Å². The Morgan fingerprint density at radius 1 is 1.35 bits per heavy atom. The van der Waals surface area contributed by atoms with E-state index in [9.17, 15) is 0 Å². The van der Waals surface area contributed by atoms with Gasteiger partial charge < -0.3 is 5.32 Å². The number of pyridine rings is 1. The second-order valence-corrected chi connectivity index (χ2v) is 6.14. The van der Waals surface area contributed by atoms with Gasteiger partial charge in [0.2, 0.25) is 0 Å². The van der Waals surface area contributed by atoms with Gasteiger partial charge >= 0.3 is 0 Å². The Hall–Kier alpha value is -2.38. The van der Waals surface area contributed by atoms with Crippen LogP contribution in [0.1, 0.15) is 29.5 Å². The molecule has 1 aromatic heterocycles. The Kier molecular flexibility index (Phi) is 4.59. The van der Waals surface area contributed by atoms with Crippen LogP contribution in [0.15, 0.2) is 35.7 Å². The number of aromatic nitrogens is 1. The molecule has 0 unspecified atom stereocenters. The first-order valence-corrected chi connectivity index (χ1v) is 7.92. The molecule has 1 saturated carbocycles. The van der Waals surface area contributed by atoms with Crippen molar-refractivity contribution < 1.29 is 0 Å². The molecule has 3 rings (SSSR count). The van der Waals surface area contributed by atoms with Crippen molar-refractivity contribution in [2.24, 2.45) is 11.0 Å². The average Bonchev–Trinajstić information content (AvgIpc) is 3.36. The van der Waals surface area contributed by atoms with E-state index in [0.717, 1.165) is 29.3 Å². The molecule has 0 spiro atoms. The van der Waals surface area contributed by atoms with Gasteiger partial charge in [0, 0.05) is 30.1 Å². The van der Waals surface area contributed by atoms with Crippen LogP contribution in [-0.4, -0.2) is 11.5 Å². The molecule has 0 radical (unpaired) electrons. The van der Waals surface area contributed by atoms with Gasteiger partial charge in [-0.1, -0.05) is 23.4 Å². The van der Waals surface area contributed by atoms with Crippen LogP contribution in [-0.2, 0) is 0 Å². The molecule has 23 heavy (non-hydrogen) atoms. The minimum absolute atomic E-state index is 0.411. The van der Waals surface area contributed by atoms with Crippen molar-refractivity contribution in [2.75, 3.05) is 11.9 Å². The lowest BCUT2D eigenvalue weighted by atomic mass is 10.1. The largest absolute Gasteiger partial charge is 0.383 e. The van der Waals surface area contributed by atoms with E-state index in [-0.39, 0.29) is 0 Å². The number of nitrogens with one attached hydrogen (secondary N) is 2. The summed E-state index contributed by atoms with van der Waals surface area (Å²) in [6, 6.07) is 5.72. The highest BCUT2D eigenvalue weighted by Crippen LogP contribution is 2.37. The number of hydrogen-bond donors (Lipinski definition) is 2. The minimum Gasteiger partial charge on any atom is -0.383 e. The molecule has 116 valence electrons. The van der Waals surface area contributed by atoms with E-state index < -0.39 is 0 Å². The fourth-order valence-corrected chi connectivity index (χ4v) is 2.51. The Labute approximate surface area is 140 Å². The number of nitrogens with zero attached hydrogens (tertiary/aromatic N) is 2. The second kappa shape index (κ2) is 6.80. The van der Waals surface area contributed by atoms with E-state index in [1.165, 1.54) is 12.8 Å². The number of rotatable bonds is 4. The number of halogens is 1. The second-order valence-electron chi connectivity index (χ2n) is 5.76. The Balaban J connectivity index is 1.86. The maximum Gasteiger partial charge on any atom is 0.128 e. The van der Waals surface area contributed by atoms with Crippen LogP contribution in [0.2, 0.25) is 5.02 Å². The normalized spacial score (nSPS) is 13.1. The van der Waals surface area contributed by atoms with E-state index in [2.05, 4.69) is 27.3 Å². The molecule has 2 aromatic rings. The smallest absolute Gasteiger partial charge is 0.128 e. The van der Waals surface area contributed by atoms with Crippen LogP contribution < -0.4 is 5.32 Å². The Bertz CT molecular complexity index is 800. The lowest BCUT2D eigenvalue weighted by molar-refractivity contribution is 0.888. The predicted octanol–water partition coefficient (Wildman–Crippen LogP) is 4.93. The summed E-state index contributed by atoms with van der Waals surface area (Å²) in [6.45, 7) is 2.88. The first kappa shape index (κ1) is 15.5. The Morgan fingerprint density at radius 3 is 2.87 bits per heavy atom. The zero-order valence-corrected chi connectivity index (χ0v) is 13.6. The third-order valence-electron chi connectivity index (χ3n) is 3.72. The zero-order chi connectivity index (χ0) is 16.2. The van der Waals surface area contributed by atoms with Gasteiger partial charge in [-0.15, -0.1) is 0 Å². The molecule has 1 heterocycles. The van der Waals surface area contributed by atoms with E-state index >= 15 is 0 Å². The SMILES string of the molecule is Cc1cncc(C#Cc2ccc(NCC3CC3)c(N=N)c2Cl)c1. The molecule has 1 fully saturated rings. The summed E-state index contributed by atoms with van der Waals surface area (Å²) in [5, 5.41) is 7.30. The maximum absolute atomic E-state index is 7.39. The fraction of sp³-hybridized carbons (Fsp3) is 0.278. The first-order valence-electron chi connectivity index (χ1n) is 7.55. The van der Waals surface area contributed by atoms with Crippen molar-refractivity contribution in [1.82, 2.24) is 4.98 Å². The molecule has 2 N–H and O–H groups in total. The first-order chi connectivity index (χ1) is 11.2. The molecule has 0 atom stereocenters. The number of hydrogen-bond acceptors (Lipinski definition) is 4. The molecule has 0 saturated heterocycles. The van der Waals surface area contributed by atoms with Crippen molar-refractivity contribution in [2.45, 2.75) is 19.8 Å². The van der Waals surface area contributed by atoms with Crippen molar-refractivity contribution in [3.05, 3.63) is 52.3 Å². The van der Waals surface area contributed by atoms with E-state index in [1.807, 2.05) is 25.1 Å². The quantitative estimate of drug-likeness (QED) is 0.619. The molecule has 0 aliphatic heterocycles. The van der Waals surface area contributed by atoms with Gasteiger partial charge in [0.15, 0.2) is 0 Å². The third kappa shape index (κ3) is 3.88. The Morgan fingerprint density at radius 2 is 2.17 bits per heavy atom. The fourth-order valence-electron chi connectivity index (χ4n) is 2.25. The van der Waals surface area contributed by atoms with Crippen LogP contribution in [0.3, 0.4) is 0 Å². The molecule has 5 heteroatoms. The van der Waals surface area contributed by atoms with E-state index in [4.69, 9.17) is 17.1 Å². The number of anilines is 1. The van der Waals surface area contributed by atoms with E-state index in [1.54, 1.807) is 12.4 Å². The van der Waals surface area contributed by atoms with Gasteiger partial charge in [-0.2, -0.15) is 5.11 Å². The minimum atomic E-state index is 0.411. The molecule has 1 aliphatic rings. The zero-order valence-electron chi connectivity index (χ0n) is 12.9. The van der Waals surface area contributed by atoms with Crippen LogP contribution >= 0.6 is 11.6 Å².